The highest BCUT2D eigenvalue weighted by atomic mass is 16.3. The minimum Gasteiger partial charge on any atom is -0.505 e. The van der Waals surface area contributed by atoms with E-state index >= 15 is 0 Å². The molecule has 39 heavy (non-hydrogen) atoms. The number of aliphatic hydroxyl groups is 1. The van der Waals surface area contributed by atoms with Gasteiger partial charge >= 0.3 is 0 Å². The number of primary amides is 1. The van der Waals surface area contributed by atoms with E-state index in [9.17, 15) is 34.2 Å². The molecule has 1 aromatic rings. The van der Waals surface area contributed by atoms with Crippen LogP contribution in [-0.2, 0) is 25.6 Å². The Morgan fingerprint density at radius 1 is 1.18 bits per heavy atom. The van der Waals surface area contributed by atoms with Crippen LogP contribution in [0.3, 0.4) is 0 Å². The molecule has 5 unspecified atom stereocenters. The molecule has 4 rings (SSSR count). The van der Waals surface area contributed by atoms with E-state index in [1.807, 2.05) is 13.8 Å². The lowest BCUT2D eigenvalue weighted by Crippen LogP contribution is -2.74. The van der Waals surface area contributed by atoms with Gasteiger partial charge in [0.2, 0.25) is 5.91 Å². The van der Waals surface area contributed by atoms with Gasteiger partial charge in [0.05, 0.1) is 23.2 Å². The molecule has 0 spiro atoms. The summed E-state index contributed by atoms with van der Waals surface area (Å²) in [5, 5.41) is 22.6. The van der Waals surface area contributed by atoms with Crippen molar-refractivity contribution in [1.29, 1.82) is 0 Å². The minimum absolute atomic E-state index is 0.00554. The number of anilines is 2. The van der Waals surface area contributed by atoms with Gasteiger partial charge in [-0.05, 0) is 64.3 Å². The van der Waals surface area contributed by atoms with Crippen molar-refractivity contribution >= 4 is 40.4 Å². The molecule has 0 radical (unpaired) electrons. The molecule has 212 valence electrons. The van der Waals surface area contributed by atoms with Gasteiger partial charge in [0, 0.05) is 24.2 Å². The average molecular weight is 543 g/mol. The second-order valence-corrected chi connectivity index (χ2v) is 11.4. The Hall–Kier alpha value is -3.31. The molecular formula is C28H38N4O7. The Morgan fingerprint density at radius 2 is 1.82 bits per heavy atom. The molecule has 2 fully saturated rings. The predicted molar refractivity (Wildman–Crippen MR) is 143 cm³/mol. The van der Waals surface area contributed by atoms with Gasteiger partial charge in [0.25, 0.3) is 0 Å². The van der Waals surface area contributed by atoms with E-state index in [2.05, 4.69) is 11.8 Å². The van der Waals surface area contributed by atoms with Crippen molar-refractivity contribution in [2.45, 2.75) is 64.1 Å². The Morgan fingerprint density at radius 3 is 2.36 bits per heavy atom. The first kappa shape index (κ1) is 28.7. The number of phenols is 1. The lowest BCUT2D eigenvalue weighted by Gasteiger charge is -2.52. The number of amides is 1. The number of hydrogen-bond acceptors (Lipinski definition) is 10. The zero-order valence-electron chi connectivity index (χ0n) is 23.1. The minimum atomic E-state index is -2.75. The molecule has 1 amide bonds. The maximum absolute atomic E-state index is 14.0. The molecule has 3 aliphatic carbocycles. The van der Waals surface area contributed by atoms with Crippen LogP contribution < -0.4 is 16.4 Å². The lowest BCUT2D eigenvalue weighted by molar-refractivity contribution is -0.181. The summed E-state index contributed by atoms with van der Waals surface area (Å²) in [7, 11) is 3.12. The summed E-state index contributed by atoms with van der Waals surface area (Å²) < 4.78 is 0. The van der Waals surface area contributed by atoms with E-state index in [4.69, 9.17) is 11.5 Å². The average Bonchev–Trinajstić information content (AvgIpc) is 2.86. The van der Waals surface area contributed by atoms with Gasteiger partial charge in [0.1, 0.15) is 5.75 Å². The number of Topliss-reactive ketones (excluding diaryl/α,β-unsaturated/α-hetero) is 4. The van der Waals surface area contributed by atoms with Crippen LogP contribution in [0.4, 0.5) is 11.4 Å². The van der Waals surface area contributed by atoms with Crippen LogP contribution in [0.1, 0.15) is 56.0 Å². The maximum atomic E-state index is 14.0. The van der Waals surface area contributed by atoms with Crippen LogP contribution in [0, 0.1) is 23.7 Å². The third kappa shape index (κ3) is 4.05. The number of aromatic hydroxyl groups is 1. The van der Waals surface area contributed by atoms with Crippen molar-refractivity contribution < 1.29 is 34.2 Å². The summed E-state index contributed by atoms with van der Waals surface area (Å²) in [6, 6.07) is 0.613. The molecule has 6 N–H and O–H groups in total. The van der Waals surface area contributed by atoms with Crippen LogP contribution in [-0.4, -0.2) is 82.5 Å². The molecule has 0 aliphatic heterocycles. The molecular weight excluding hydrogens is 504 g/mol. The standard InChI is InChI=1S/C28H38N4O7/c1-6-8-32(12(3)7-2)17-11-16(29)22(33)19-14(17)9-13-10-15-21(31(4)5)24(35)20(27(30)38)26(37)28(15,39)25(36)18(13)23(19)34/h11-13,15,18,20-21,33,39H,6-10,29H2,1-5H3,(H2,30,38)/t12?,13?,15?,18?,20?,21-,28-/m0/s1. The summed E-state index contributed by atoms with van der Waals surface area (Å²) in [5.74, 6) is -10.8. The SMILES string of the molecule is CCCN(c1cc(N)c(O)c2c1CC1CC3[C@H](N(C)C)C(=O)C(C(N)=O)C(=O)[C@@]3(O)C(=O)C1C2=O)C(C)CC. The number of rotatable bonds is 7. The third-order valence-corrected chi connectivity index (χ3v) is 8.96. The van der Waals surface area contributed by atoms with Crippen molar-refractivity contribution in [1.82, 2.24) is 4.90 Å². The summed E-state index contributed by atoms with van der Waals surface area (Å²) in [4.78, 5) is 70.3. The number of fused-ring (bicyclic) bond motifs is 3. The largest absolute Gasteiger partial charge is 0.505 e. The highest BCUT2D eigenvalue weighted by Crippen LogP contribution is 2.52. The van der Waals surface area contributed by atoms with Crippen molar-refractivity contribution in [2.24, 2.45) is 29.4 Å². The van der Waals surface area contributed by atoms with Gasteiger partial charge in [0.15, 0.2) is 34.7 Å². The molecule has 0 aromatic heterocycles. The lowest BCUT2D eigenvalue weighted by atomic mass is 9.52. The number of ketones is 4. The topological polar surface area (TPSA) is 184 Å². The number of nitrogens with two attached hydrogens (primary N) is 2. The molecule has 1 aromatic carbocycles. The molecule has 11 nitrogen and oxygen atoms in total. The number of carbonyl (C=O) groups is 5. The zero-order valence-corrected chi connectivity index (χ0v) is 23.1. The third-order valence-electron chi connectivity index (χ3n) is 8.96. The van der Waals surface area contributed by atoms with E-state index in [0.717, 1.165) is 12.8 Å². The van der Waals surface area contributed by atoms with Gasteiger partial charge in [-0.1, -0.05) is 13.8 Å². The first-order valence-electron chi connectivity index (χ1n) is 13.5. The summed E-state index contributed by atoms with van der Waals surface area (Å²) in [5.41, 5.74) is 9.92. The van der Waals surface area contributed by atoms with Gasteiger partial charge in [-0.2, -0.15) is 0 Å². The number of hydrogen-bond donors (Lipinski definition) is 4. The summed E-state index contributed by atoms with van der Waals surface area (Å²) in [6.45, 7) is 6.81. The number of benzene rings is 1. The smallest absolute Gasteiger partial charge is 0.235 e. The molecule has 0 bridgehead atoms. The first-order chi connectivity index (χ1) is 18.2. The fraction of sp³-hybridized carbons (Fsp3) is 0.607. The van der Waals surface area contributed by atoms with Crippen LogP contribution >= 0.6 is 0 Å². The van der Waals surface area contributed by atoms with E-state index < -0.39 is 70.1 Å². The fourth-order valence-corrected chi connectivity index (χ4v) is 6.97. The Kier molecular flexibility index (Phi) is 7.37. The molecule has 2 saturated carbocycles. The predicted octanol–water partition coefficient (Wildman–Crippen LogP) is 0.464. The van der Waals surface area contributed by atoms with E-state index in [1.165, 1.54) is 4.90 Å². The van der Waals surface area contributed by atoms with E-state index in [1.54, 1.807) is 20.2 Å². The van der Waals surface area contributed by atoms with E-state index in [-0.39, 0.29) is 30.1 Å². The van der Waals surface area contributed by atoms with Gasteiger partial charge in [-0.15, -0.1) is 0 Å². The molecule has 0 saturated heterocycles. The monoisotopic (exact) mass is 542 g/mol. The number of nitrogen functional groups attached to an aromatic ring is 1. The Balaban J connectivity index is 1.90. The van der Waals surface area contributed by atoms with Crippen LogP contribution in [0.5, 0.6) is 5.75 Å². The van der Waals surface area contributed by atoms with Gasteiger partial charge < -0.3 is 26.6 Å². The van der Waals surface area contributed by atoms with Crippen molar-refractivity contribution in [3.05, 3.63) is 17.2 Å². The number of phenolic OH excluding ortho intramolecular Hbond substituents is 1. The normalized spacial score (nSPS) is 31.0. The van der Waals surface area contributed by atoms with Crippen LogP contribution in [0.2, 0.25) is 0 Å². The number of likely N-dealkylation sites (N-methyl/N-ethyl adjacent to an activating group) is 1. The first-order valence-corrected chi connectivity index (χ1v) is 13.5. The maximum Gasteiger partial charge on any atom is 0.235 e. The Labute approximate surface area is 227 Å². The zero-order chi connectivity index (χ0) is 29.1. The van der Waals surface area contributed by atoms with Crippen LogP contribution in [0.15, 0.2) is 6.07 Å². The van der Waals surface area contributed by atoms with Crippen LogP contribution in [0.25, 0.3) is 0 Å². The Bertz CT molecular complexity index is 1260. The molecule has 11 heteroatoms. The highest BCUT2D eigenvalue weighted by molar-refractivity contribution is 6.32. The fourth-order valence-electron chi connectivity index (χ4n) is 6.97. The second kappa shape index (κ2) is 10.0. The highest BCUT2D eigenvalue weighted by Gasteiger charge is 2.69. The number of nitrogens with zero attached hydrogens (tertiary/aromatic N) is 2. The van der Waals surface area contributed by atoms with Gasteiger partial charge in [-0.25, -0.2) is 0 Å². The quantitative estimate of drug-likeness (QED) is 0.214. The number of carbonyl (C=O) groups excluding carboxylic acids is 5. The second-order valence-electron chi connectivity index (χ2n) is 11.4. The van der Waals surface area contributed by atoms with Crippen molar-refractivity contribution in [2.75, 3.05) is 31.3 Å². The molecule has 0 heterocycles. The van der Waals surface area contributed by atoms with Crippen molar-refractivity contribution in [3.63, 3.8) is 0 Å². The van der Waals surface area contributed by atoms with E-state index in [0.29, 0.717) is 17.8 Å². The van der Waals surface area contributed by atoms with Gasteiger partial charge in [-0.3, -0.25) is 28.9 Å². The summed E-state index contributed by atoms with van der Waals surface area (Å²) >= 11 is 0. The molecule has 7 atom stereocenters. The van der Waals surface area contributed by atoms with Crippen molar-refractivity contribution in [3.8, 4) is 5.75 Å². The summed E-state index contributed by atoms with van der Waals surface area (Å²) in [6.07, 6.45) is 1.85. The molecule has 3 aliphatic rings.